The smallest absolute Gasteiger partial charge is 0.0683 e. The third kappa shape index (κ3) is 7.23. The van der Waals surface area contributed by atoms with Gasteiger partial charge in [0.25, 0.3) is 0 Å². The van der Waals surface area contributed by atoms with Crippen LogP contribution in [-0.2, 0) is 0 Å². The van der Waals surface area contributed by atoms with Crippen molar-refractivity contribution in [2.45, 2.75) is 47.5 Å². The summed E-state index contributed by atoms with van der Waals surface area (Å²) >= 11 is 0. The lowest BCUT2D eigenvalue weighted by atomic mass is 10.1. The Labute approximate surface area is 113 Å². The fraction of sp³-hybridized carbons (Fsp3) is 0.562. The highest BCUT2D eigenvalue weighted by Gasteiger charge is 1.96. The normalized spacial score (nSPS) is 10.3. The van der Waals surface area contributed by atoms with Crippen LogP contribution in [0.4, 0.5) is 5.69 Å². The molecule has 102 valence electrons. The van der Waals surface area contributed by atoms with Crippen LogP contribution in [0.1, 0.15) is 44.7 Å². The van der Waals surface area contributed by atoms with Crippen LogP contribution >= 0.6 is 0 Å². The van der Waals surface area contributed by atoms with Crippen molar-refractivity contribution in [3.05, 3.63) is 29.3 Å². The first-order chi connectivity index (χ1) is 8.67. The number of hydrogen-bond acceptors (Lipinski definition) is 2. The van der Waals surface area contributed by atoms with E-state index in [0.717, 1.165) is 5.69 Å². The van der Waals surface area contributed by atoms with Crippen molar-refractivity contribution in [3.8, 4) is 0 Å². The number of rotatable bonds is 5. The molecule has 1 aromatic carbocycles. The van der Waals surface area contributed by atoms with Gasteiger partial charge in [0.1, 0.15) is 0 Å². The minimum absolute atomic E-state index is 1.11. The highest BCUT2D eigenvalue weighted by molar-refractivity contribution is 5.64. The Balaban J connectivity index is 0.000000360. The molecule has 1 rings (SSSR count). The minimum Gasteiger partial charge on any atom is -0.317 e. The highest BCUT2D eigenvalue weighted by atomic mass is 14.8. The van der Waals surface area contributed by atoms with Crippen LogP contribution < -0.4 is 5.32 Å². The molecule has 0 saturated heterocycles. The van der Waals surface area contributed by atoms with Crippen LogP contribution in [-0.4, -0.2) is 19.3 Å². The zero-order chi connectivity index (χ0) is 13.8. The third-order valence-corrected chi connectivity index (χ3v) is 2.55. The van der Waals surface area contributed by atoms with E-state index in [1.54, 1.807) is 0 Å². The Morgan fingerprint density at radius 3 is 1.94 bits per heavy atom. The molecule has 0 aliphatic rings. The van der Waals surface area contributed by atoms with E-state index in [4.69, 9.17) is 0 Å². The molecule has 2 nitrogen and oxygen atoms in total. The molecule has 1 aromatic rings. The maximum Gasteiger partial charge on any atom is 0.0683 e. The lowest BCUT2D eigenvalue weighted by Crippen LogP contribution is -2.14. The zero-order valence-electron chi connectivity index (χ0n) is 12.6. The van der Waals surface area contributed by atoms with Crippen molar-refractivity contribution in [1.29, 1.82) is 0 Å². The molecule has 1 N–H and O–H groups in total. The SMILES string of the molecule is CC=Nc1c(C)cccc1C.CCCNCCC. The van der Waals surface area contributed by atoms with E-state index < -0.39 is 0 Å². The maximum atomic E-state index is 4.28. The number of aliphatic imine (C=N–C) groups is 1. The Hall–Kier alpha value is -1.15. The Kier molecular flexibility index (Phi) is 10.3. The molecule has 18 heavy (non-hydrogen) atoms. The van der Waals surface area contributed by atoms with Crippen LogP contribution in [0, 0.1) is 13.8 Å². The molecule has 0 aliphatic heterocycles. The Morgan fingerprint density at radius 1 is 1.06 bits per heavy atom. The molecule has 0 amide bonds. The predicted molar refractivity (Wildman–Crippen MR) is 83.2 cm³/mol. The van der Waals surface area contributed by atoms with Gasteiger partial charge >= 0.3 is 0 Å². The second-order valence-electron chi connectivity index (χ2n) is 4.38. The van der Waals surface area contributed by atoms with E-state index in [2.05, 4.69) is 56.2 Å². The van der Waals surface area contributed by atoms with Gasteiger partial charge in [-0.25, -0.2) is 0 Å². The summed E-state index contributed by atoms with van der Waals surface area (Å²) in [6.45, 7) is 12.8. The number of hydrogen-bond donors (Lipinski definition) is 1. The topological polar surface area (TPSA) is 24.4 Å². The molecule has 0 spiro atoms. The third-order valence-electron chi connectivity index (χ3n) is 2.55. The quantitative estimate of drug-likeness (QED) is 0.605. The molecule has 0 radical (unpaired) electrons. The van der Waals surface area contributed by atoms with Gasteiger partial charge in [0, 0.05) is 6.21 Å². The van der Waals surface area contributed by atoms with Crippen LogP contribution in [0.2, 0.25) is 0 Å². The zero-order valence-corrected chi connectivity index (χ0v) is 12.6. The van der Waals surface area contributed by atoms with Gasteiger partial charge in [-0.15, -0.1) is 0 Å². The predicted octanol–water partition coefficient (Wildman–Crippen LogP) is 4.42. The van der Waals surface area contributed by atoms with E-state index in [1.807, 2.05) is 13.1 Å². The van der Waals surface area contributed by atoms with Crippen molar-refractivity contribution < 1.29 is 0 Å². The summed E-state index contributed by atoms with van der Waals surface area (Å²) in [6.07, 6.45) is 4.33. The van der Waals surface area contributed by atoms with Gasteiger partial charge in [-0.1, -0.05) is 32.0 Å². The summed E-state index contributed by atoms with van der Waals surface area (Å²) in [6, 6.07) is 6.21. The molecule has 0 bridgehead atoms. The summed E-state index contributed by atoms with van der Waals surface area (Å²) < 4.78 is 0. The fourth-order valence-corrected chi connectivity index (χ4v) is 1.62. The molecule has 0 atom stereocenters. The van der Waals surface area contributed by atoms with Gasteiger partial charge < -0.3 is 5.32 Å². The van der Waals surface area contributed by atoms with E-state index in [-0.39, 0.29) is 0 Å². The monoisotopic (exact) mass is 248 g/mol. The summed E-state index contributed by atoms with van der Waals surface area (Å²) in [4.78, 5) is 4.28. The van der Waals surface area contributed by atoms with E-state index in [1.165, 1.54) is 37.1 Å². The van der Waals surface area contributed by atoms with Crippen LogP contribution in [0.5, 0.6) is 0 Å². The molecular weight excluding hydrogens is 220 g/mol. The number of para-hydroxylation sites is 1. The van der Waals surface area contributed by atoms with Crippen molar-refractivity contribution >= 4 is 11.9 Å². The molecule has 0 aromatic heterocycles. The van der Waals surface area contributed by atoms with Gasteiger partial charge in [0.15, 0.2) is 0 Å². The van der Waals surface area contributed by atoms with Crippen molar-refractivity contribution in [1.82, 2.24) is 5.32 Å². The van der Waals surface area contributed by atoms with Crippen LogP contribution in [0.3, 0.4) is 0 Å². The Bertz CT molecular complexity index is 319. The molecule has 0 aliphatic carbocycles. The summed E-state index contributed by atoms with van der Waals surface area (Å²) in [7, 11) is 0. The van der Waals surface area contributed by atoms with Crippen molar-refractivity contribution in [2.75, 3.05) is 13.1 Å². The molecule has 0 saturated carbocycles. The standard InChI is InChI=1S/C10H13N.C6H15N/c1-4-11-10-8(2)6-5-7-9(10)3;1-3-5-7-6-4-2/h4-7H,1-3H3;7H,3-6H2,1-2H3. The van der Waals surface area contributed by atoms with Gasteiger partial charge in [0.2, 0.25) is 0 Å². The number of aryl methyl sites for hydroxylation is 2. The Morgan fingerprint density at radius 2 is 1.56 bits per heavy atom. The van der Waals surface area contributed by atoms with Gasteiger partial charge in [-0.05, 0) is 57.8 Å². The van der Waals surface area contributed by atoms with Crippen LogP contribution in [0.15, 0.2) is 23.2 Å². The second kappa shape index (κ2) is 11.0. The average molecular weight is 248 g/mol. The van der Waals surface area contributed by atoms with Crippen molar-refractivity contribution in [3.63, 3.8) is 0 Å². The fourth-order valence-electron chi connectivity index (χ4n) is 1.62. The van der Waals surface area contributed by atoms with E-state index in [9.17, 15) is 0 Å². The molecule has 0 unspecified atom stereocenters. The second-order valence-corrected chi connectivity index (χ2v) is 4.38. The minimum atomic E-state index is 1.11. The molecular formula is C16H28N2. The van der Waals surface area contributed by atoms with Crippen molar-refractivity contribution in [2.24, 2.45) is 4.99 Å². The number of benzene rings is 1. The lowest BCUT2D eigenvalue weighted by Gasteiger charge is -2.02. The molecule has 0 fully saturated rings. The first-order valence-electron chi connectivity index (χ1n) is 6.92. The van der Waals surface area contributed by atoms with Gasteiger partial charge in [-0.3, -0.25) is 4.99 Å². The summed E-state index contributed by atoms with van der Waals surface area (Å²) in [5, 5.41) is 3.28. The number of nitrogens with zero attached hydrogens (tertiary/aromatic N) is 1. The largest absolute Gasteiger partial charge is 0.317 e. The summed E-state index contributed by atoms with van der Waals surface area (Å²) in [5.74, 6) is 0. The lowest BCUT2D eigenvalue weighted by molar-refractivity contribution is 0.662. The first kappa shape index (κ1) is 16.9. The highest BCUT2D eigenvalue weighted by Crippen LogP contribution is 2.21. The first-order valence-corrected chi connectivity index (χ1v) is 6.92. The van der Waals surface area contributed by atoms with Gasteiger partial charge in [-0.2, -0.15) is 0 Å². The molecule has 2 heteroatoms. The maximum absolute atomic E-state index is 4.28. The summed E-state index contributed by atoms with van der Waals surface area (Å²) in [5.41, 5.74) is 3.58. The van der Waals surface area contributed by atoms with E-state index >= 15 is 0 Å². The van der Waals surface area contributed by atoms with Crippen LogP contribution in [0.25, 0.3) is 0 Å². The van der Waals surface area contributed by atoms with E-state index in [0.29, 0.717) is 0 Å². The average Bonchev–Trinajstić information content (AvgIpc) is 2.36. The van der Waals surface area contributed by atoms with Gasteiger partial charge in [0.05, 0.1) is 5.69 Å². The molecule has 0 heterocycles. The number of nitrogens with one attached hydrogen (secondary N) is 1.